The van der Waals surface area contributed by atoms with Crippen LogP contribution in [0.25, 0.3) is 0 Å². The number of amides is 1. The zero-order valence-corrected chi connectivity index (χ0v) is 17.2. The average Bonchev–Trinajstić information content (AvgIpc) is 2.79. The van der Waals surface area contributed by atoms with Gasteiger partial charge in [-0.05, 0) is 60.7 Å². The summed E-state index contributed by atoms with van der Waals surface area (Å²) in [6.45, 7) is 0. The van der Waals surface area contributed by atoms with Gasteiger partial charge in [-0.1, -0.05) is 12.1 Å². The van der Waals surface area contributed by atoms with Crippen molar-refractivity contribution >= 4 is 27.3 Å². The topological polar surface area (TPSA) is 99.5 Å². The van der Waals surface area contributed by atoms with E-state index in [1.165, 1.54) is 31.3 Å². The Bertz CT molecular complexity index is 1200. The molecule has 152 valence electrons. The minimum absolute atomic E-state index is 0.0226. The third-order valence-corrected chi connectivity index (χ3v) is 6.26. The summed E-state index contributed by atoms with van der Waals surface area (Å²) in [6, 6.07) is 20.8. The van der Waals surface area contributed by atoms with Gasteiger partial charge in [-0.25, -0.2) is 8.42 Å². The largest absolute Gasteiger partial charge is 0.497 e. The third-order valence-electron chi connectivity index (χ3n) is 4.48. The van der Waals surface area contributed by atoms with Gasteiger partial charge in [-0.15, -0.1) is 0 Å². The van der Waals surface area contributed by atoms with E-state index in [0.29, 0.717) is 17.0 Å². The molecule has 0 atom stereocenters. The molecule has 0 aliphatic carbocycles. The van der Waals surface area contributed by atoms with E-state index in [-0.39, 0.29) is 16.1 Å². The maximum atomic E-state index is 13.0. The van der Waals surface area contributed by atoms with Crippen LogP contribution < -0.4 is 14.4 Å². The highest BCUT2D eigenvalue weighted by molar-refractivity contribution is 7.92. The predicted molar refractivity (Wildman–Crippen MR) is 114 cm³/mol. The van der Waals surface area contributed by atoms with Crippen LogP contribution in [0.5, 0.6) is 5.75 Å². The molecule has 8 heteroatoms. The summed E-state index contributed by atoms with van der Waals surface area (Å²) < 4.78 is 32.2. The molecule has 0 aliphatic heterocycles. The molecule has 30 heavy (non-hydrogen) atoms. The van der Waals surface area contributed by atoms with Crippen molar-refractivity contribution in [2.24, 2.45) is 0 Å². The number of para-hydroxylation sites is 1. The van der Waals surface area contributed by atoms with E-state index in [4.69, 9.17) is 10.00 Å². The number of nitrogens with one attached hydrogen (secondary N) is 1. The van der Waals surface area contributed by atoms with Crippen molar-refractivity contribution in [3.05, 3.63) is 83.9 Å². The Balaban J connectivity index is 1.91. The third kappa shape index (κ3) is 4.26. The van der Waals surface area contributed by atoms with E-state index in [0.717, 1.165) is 4.31 Å². The standard InChI is InChI=1S/C22H19N3O4S/c1-25(30(27,28)19-13-7-16(15-23)8-14-19)21-6-4-3-5-20(21)22(26)24-17-9-11-18(29-2)12-10-17/h3-14H,1-2H3,(H,24,26). The van der Waals surface area contributed by atoms with Crippen LogP contribution >= 0.6 is 0 Å². The number of methoxy groups -OCH3 is 1. The Hall–Kier alpha value is -3.83. The summed E-state index contributed by atoms with van der Waals surface area (Å²) in [5.74, 6) is 0.208. The molecule has 0 saturated carbocycles. The van der Waals surface area contributed by atoms with E-state index >= 15 is 0 Å². The number of benzene rings is 3. The van der Waals surface area contributed by atoms with Crippen molar-refractivity contribution in [2.75, 3.05) is 23.8 Å². The normalized spacial score (nSPS) is 10.7. The van der Waals surface area contributed by atoms with Gasteiger partial charge in [0.25, 0.3) is 15.9 Å². The highest BCUT2D eigenvalue weighted by Crippen LogP contribution is 2.27. The Morgan fingerprint density at radius 3 is 2.23 bits per heavy atom. The van der Waals surface area contributed by atoms with Gasteiger partial charge in [-0.2, -0.15) is 5.26 Å². The average molecular weight is 421 g/mol. The van der Waals surface area contributed by atoms with Gasteiger partial charge >= 0.3 is 0 Å². The molecule has 3 rings (SSSR count). The molecule has 3 aromatic carbocycles. The van der Waals surface area contributed by atoms with Crippen LogP contribution in [0.3, 0.4) is 0 Å². The number of ether oxygens (including phenoxy) is 1. The van der Waals surface area contributed by atoms with Crippen molar-refractivity contribution in [2.45, 2.75) is 4.90 Å². The fraction of sp³-hybridized carbons (Fsp3) is 0.0909. The Labute approximate surface area is 175 Å². The van der Waals surface area contributed by atoms with Crippen molar-refractivity contribution in [3.63, 3.8) is 0 Å². The summed E-state index contributed by atoms with van der Waals surface area (Å²) in [5, 5.41) is 11.7. The first-order valence-electron chi connectivity index (χ1n) is 8.90. The van der Waals surface area contributed by atoms with Crippen molar-refractivity contribution < 1.29 is 17.9 Å². The number of hydrogen-bond donors (Lipinski definition) is 1. The molecular formula is C22H19N3O4S. The SMILES string of the molecule is COc1ccc(NC(=O)c2ccccc2N(C)S(=O)(=O)c2ccc(C#N)cc2)cc1. The zero-order chi connectivity index (χ0) is 21.7. The van der Waals surface area contributed by atoms with Gasteiger partial charge in [-0.3, -0.25) is 9.10 Å². The molecule has 0 heterocycles. The fourth-order valence-corrected chi connectivity index (χ4v) is 4.02. The molecule has 0 saturated heterocycles. The lowest BCUT2D eigenvalue weighted by atomic mass is 10.1. The molecule has 0 spiro atoms. The van der Waals surface area contributed by atoms with Gasteiger partial charge in [0.2, 0.25) is 0 Å². The van der Waals surface area contributed by atoms with Crippen molar-refractivity contribution in [1.29, 1.82) is 5.26 Å². The fourth-order valence-electron chi connectivity index (χ4n) is 2.80. The predicted octanol–water partition coefficient (Wildman–Crippen LogP) is 3.64. The summed E-state index contributed by atoms with van der Waals surface area (Å²) in [7, 11) is -0.996. The zero-order valence-electron chi connectivity index (χ0n) is 16.4. The lowest BCUT2D eigenvalue weighted by Gasteiger charge is -2.22. The number of rotatable bonds is 6. The molecule has 0 unspecified atom stereocenters. The van der Waals surface area contributed by atoms with E-state index < -0.39 is 15.9 Å². The number of anilines is 2. The Morgan fingerprint density at radius 2 is 1.63 bits per heavy atom. The van der Waals surface area contributed by atoms with Crippen LogP contribution in [0, 0.1) is 11.3 Å². The van der Waals surface area contributed by atoms with Crippen LogP contribution in [0.2, 0.25) is 0 Å². The minimum atomic E-state index is -3.93. The number of carbonyl (C=O) groups excluding carboxylic acids is 1. The molecule has 0 fully saturated rings. The van der Waals surface area contributed by atoms with Gasteiger partial charge in [0.15, 0.2) is 0 Å². The molecule has 0 aliphatic rings. The maximum Gasteiger partial charge on any atom is 0.264 e. The van der Waals surface area contributed by atoms with E-state index in [1.54, 1.807) is 55.6 Å². The minimum Gasteiger partial charge on any atom is -0.497 e. The van der Waals surface area contributed by atoms with Crippen LogP contribution in [-0.4, -0.2) is 28.5 Å². The molecule has 0 radical (unpaired) electrons. The molecule has 0 bridgehead atoms. The second-order valence-corrected chi connectivity index (χ2v) is 8.28. The highest BCUT2D eigenvalue weighted by Gasteiger charge is 2.25. The maximum absolute atomic E-state index is 13.0. The second kappa shape index (κ2) is 8.68. The first kappa shape index (κ1) is 20.9. The van der Waals surface area contributed by atoms with Crippen LogP contribution in [0.4, 0.5) is 11.4 Å². The number of nitrogens with zero attached hydrogens (tertiary/aromatic N) is 2. The smallest absolute Gasteiger partial charge is 0.264 e. The molecular weight excluding hydrogens is 402 g/mol. The lowest BCUT2D eigenvalue weighted by molar-refractivity contribution is 0.102. The molecule has 3 aromatic rings. The van der Waals surface area contributed by atoms with Crippen LogP contribution in [-0.2, 0) is 10.0 Å². The van der Waals surface area contributed by atoms with Gasteiger partial charge < -0.3 is 10.1 Å². The van der Waals surface area contributed by atoms with Crippen LogP contribution in [0.1, 0.15) is 15.9 Å². The van der Waals surface area contributed by atoms with Crippen molar-refractivity contribution in [1.82, 2.24) is 0 Å². The molecule has 0 aromatic heterocycles. The summed E-state index contributed by atoms with van der Waals surface area (Å²) in [6.07, 6.45) is 0. The number of nitriles is 1. The number of carbonyl (C=O) groups is 1. The van der Waals surface area contributed by atoms with Crippen LogP contribution in [0.15, 0.2) is 77.7 Å². The van der Waals surface area contributed by atoms with Gasteiger partial charge in [0.05, 0.1) is 34.9 Å². The quantitative estimate of drug-likeness (QED) is 0.655. The molecule has 1 amide bonds. The summed E-state index contributed by atoms with van der Waals surface area (Å²) in [5.41, 5.74) is 1.34. The number of hydrogen-bond acceptors (Lipinski definition) is 5. The highest BCUT2D eigenvalue weighted by atomic mass is 32.2. The first-order chi connectivity index (χ1) is 14.4. The molecule has 1 N–H and O–H groups in total. The Morgan fingerprint density at radius 1 is 1.00 bits per heavy atom. The van der Waals surface area contributed by atoms with E-state index in [9.17, 15) is 13.2 Å². The lowest BCUT2D eigenvalue weighted by Crippen LogP contribution is -2.29. The van der Waals surface area contributed by atoms with E-state index in [2.05, 4.69) is 5.32 Å². The summed E-state index contributed by atoms with van der Waals surface area (Å²) >= 11 is 0. The second-order valence-electron chi connectivity index (χ2n) is 6.31. The summed E-state index contributed by atoms with van der Waals surface area (Å²) in [4.78, 5) is 12.9. The monoisotopic (exact) mass is 421 g/mol. The van der Waals surface area contributed by atoms with Gasteiger partial charge in [0, 0.05) is 12.7 Å². The van der Waals surface area contributed by atoms with E-state index in [1.807, 2.05) is 6.07 Å². The number of sulfonamides is 1. The molecule has 7 nitrogen and oxygen atoms in total. The van der Waals surface area contributed by atoms with Crippen molar-refractivity contribution in [3.8, 4) is 11.8 Å². The van der Waals surface area contributed by atoms with Gasteiger partial charge in [0.1, 0.15) is 5.75 Å². The Kier molecular flexibility index (Phi) is 6.04. The first-order valence-corrected chi connectivity index (χ1v) is 10.3.